The first-order chi connectivity index (χ1) is 2.73. The summed E-state index contributed by atoms with van der Waals surface area (Å²) in [5.74, 6) is 0. The Bertz CT molecular complexity index is 18.4. The summed E-state index contributed by atoms with van der Waals surface area (Å²) in [6.45, 7) is 0. The molecule has 0 aromatic rings. The van der Waals surface area contributed by atoms with Crippen molar-refractivity contribution in [1.82, 2.24) is 0 Å². The molecule has 0 bridgehead atoms. The van der Waals surface area contributed by atoms with E-state index in [9.17, 15) is 0 Å². The molecule has 48 valence electrons. The number of aliphatic hydroxyl groups excluding tert-OH is 1. The minimum atomic E-state index is -0.722. The molecule has 0 aromatic heterocycles. The van der Waals surface area contributed by atoms with E-state index in [1.54, 1.807) is 0 Å². The van der Waals surface area contributed by atoms with E-state index in [4.69, 9.17) is 28.3 Å². The standard InChI is InChI=1S/CH3Cl2N.CH4O.H2O/c2-1(3)4;1-2;/h1H,4H2;2H,1H3;1H2. The summed E-state index contributed by atoms with van der Waals surface area (Å²) in [6.07, 6.45) is 0. The molecule has 0 saturated carbocycles. The van der Waals surface area contributed by atoms with Crippen LogP contribution in [0.4, 0.5) is 0 Å². The number of rotatable bonds is 0. The first-order valence-corrected chi connectivity index (χ1v) is 2.09. The molecule has 0 rings (SSSR count). The highest BCUT2D eigenvalue weighted by atomic mass is 35.5. The normalized spacial score (nSPS) is 6.00. The van der Waals surface area contributed by atoms with Gasteiger partial charge in [-0.3, -0.25) is 0 Å². The topological polar surface area (TPSA) is 77.8 Å². The monoisotopic (exact) mass is 149 g/mol. The number of alkyl halides is 2. The van der Waals surface area contributed by atoms with Crippen LogP contribution in [0.3, 0.4) is 0 Å². The van der Waals surface area contributed by atoms with Crippen LogP contribution in [0.25, 0.3) is 0 Å². The van der Waals surface area contributed by atoms with Crippen molar-refractivity contribution in [2.24, 2.45) is 5.73 Å². The van der Waals surface area contributed by atoms with Gasteiger partial charge >= 0.3 is 0 Å². The Hall–Kier alpha value is 0.460. The van der Waals surface area contributed by atoms with Crippen LogP contribution >= 0.6 is 23.2 Å². The maximum absolute atomic E-state index is 7.00. The Morgan fingerprint density at radius 3 is 1.43 bits per heavy atom. The number of hydrogen-bond acceptors (Lipinski definition) is 2. The molecule has 0 saturated heterocycles. The first-order valence-electron chi connectivity index (χ1n) is 1.22. The summed E-state index contributed by atoms with van der Waals surface area (Å²) in [5, 5.41) is 7.00. The van der Waals surface area contributed by atoms with Gasteiger partial charge in [-0.05, 0) is 0 Å². The van der Waals surface area contributed by atoms with Crippen LogP contribution in [-0.2, 0) is 0 Å². The van der Waals surface area contributed by atoms with Crippen LogP contribution in [0, 0.1) is 0 Å². The molecule has 0 unspecified atom stereocenters. The van der Waals surface area contributed by atoms with Crippen molar-refractivity contribution >= 4 is 23.2 Å². The van der Waals surface area contributed by atoms with Gasteiger partial charge < -0.3 is 16.3 Å². The molecule has 0 aliphatic carbocycles. The zero-order valence-corrected chi connectivity index (χ0v) is 5.37. The zero-order chi connectivity index (χ0) is 5.58. The Morgan fingerprint density at radius 1 is 1.43 bits per heavy atom. The third-order valence-electron chi connectivity index (χ3n) is 0. The summed E-state index contributed by atoms with van der Waals surface area (Å²) >= 11 is 9.64. The third kappa shape index (κ3) is 607. The Morgan fingerprint density at radius 2 is 1.43 bits per heavy atom. The van der Waals surface area contributed by atoms with Crippen molar-refractivity contribution in [3.63, 3.8) is 0 Å². The van der Waals surface area contributed by atoms with Gasteiger partial charge in [0.1, 0.15) is 0 Å². The van der Waals surface area contributed by atoms with Crippen molar-refractivity contribution in [2.45, 2.75) is 4.96 Å². The lowest BCUT2D eigenvalue weighted by atomic mass is 11.5. The summed E-state index contributed by atoms with van der Waals surface area (Å²) in [4.78, 5) is -0.722. The van der Waals surface area contributed by atoms with E-state index >= 15 is 0 Å². The van der Waals surface area contributed by atoms with Crippen LogP contribution < -0.4 is 5.73 Å². The van der Waals surface area contributed by atoms with Crippen molar-refractivity contribution in [1.29, 1.82) is 0 Å². The summed E-state index contributed by atoms with van der Waals surface area (Å²) in [6, 6.07) is 0. The van der Waals surface area contributed by atoms with E-state index in [2.05, 4.69) is 5.73 Å². The average molecular weight is 150 g/mol. The number of halogens is 2. The highest BCUT2D eigenvalue weighted by molar-refractivity contribution is 6.43. The van der Waals surface area contributed by atoms with Crippen LogP contribution in [-0.4, -0.2) is 22.7 Å². The fourth-order valence-electron chi connectivity index (χ4n) is 0. The molecule has 5 heteroatoms. The first kappa shape index (κ1) is 15.7. The predicted octanol–water partition coefficient (Wildman–Crippen LogP) is -0.510. The lowest BCUT2D eigenvalue weighted by molar-refractivity contribution is 0.399. The molecule has 0 radical (unpaired) electrons. The Labute approximate surface area is 52.3 Å². The van der Waals surface area contributed by atoms with E-state index in [1.807, 2.05) is 0 Å². The second kappa shape index (κ2) is 16.1. The van der Waals surface area contributed by atoms with Crippen LogP contribution in [0.15, 0.2) is 0 Å². The van der Waals surface area contributed by atoms with Gasteiger partial charge in [0.05, 0.1) is 0 Å². The lowest BCUT2D eigenvalue weighted by Gasteiger charge is -1.74. The fourth-order valence-corrected chi connectivity index (χ4v) is 0. The molecular formula is C2H9Cl2NO2. The molecule has 0 amide bonds. The summed E-state index contributed by atoms with van der Waals surface area (Å²) in [5.41, 5.74) is 4.64. The van der Waals surface area contributed by atoms with Gasteiger partial charge in [0, 0.05) is 7.11 Å². The van der Waals surface area contributed by atoms with E-state index in [0.717, 1.165) is 7.11 Å². The van der Waals surface area contributed by atoms with Gasteiger partial charge in [-0.25, -0.2) is 0 Å². The molecule has 0 heterocycles. The molecule has 0 aliphatic heterocycles. The number of hydrogen-bond donors (Lipinski definition) is 2. The lowest BCUT2D eigenvalue weighted by Crippen LogP contribution is -1.99. The number of aliphatic hydroxyl groups is 1. The van der Waals surface area contributed by atoms with Crippen molar-refractivity contribution in [2.75, 3.05) is 7.11 Å². The van der Waals surface area contributed by atoms with Gasteiger partial charge in [0.2, 0.25) is 0 Å². The molecule has 3 nitrogen and oxygen atoms in total. The quantitative estimate of drug-likeness (QED) is 0.360. The molecule has 7 heavy (non-hydrogen) atoms. The van der Waals surface area contributed by atoms with Gasteiger partial charge in [0.15, 0.2) is 4.96 Å². The van der Waals surface area contributed by atoms with Crippen molar-refractivity contribution in [3.8, 4) is 0 Å². The molecule has 0 aliphatic rings. The SMILES string of the molecule is CO.NC(Cl)Cl.O. The fraction of sp³-hybridized carbons (Fsp3) is 1.00. The minimum Gasteiger partial charge on any atom is -0.412 e. The van der Waals surface area contributed by atoms with Crippen LogP contribution in [0.2, 0.25) is 0 Å². The van der Waals surface area contributed by atoms with Crippen molar-refractivity contribution in [3.05, 3.63) is 0 Å². The molecule has 0 aromatic carbocycles. The second-order valence-corrected chi connectivity index (χ2v) is 1.50. The van der Waals surface area contributed by atoms with E-state index in [1.165, 1.54) is 0 Å². The van der Waals surface area contributed by atoms with E-state index in [0.29, 0.717) is 0 Å². The minimum absolute atomic E-state index is 0. The van der Waals surface area contributed by atoms with Crippen LogP contribution in [0.1, 0.15) is 0 Å². The third-order valence-corrected chi connectivity index (χ3v) is 0. The Kier molecular flexibility index (Phi) is 36.0. The summed E-state index contributed by atoms with van der Waals surface area (Å²) < 4.78 is 0. The predicted molar refractivity (Wildman–Crippen MR) is 31.4 cm³/mol. The van der Waals surface area contributed by atoms with Crippen LogP contribution in [0.5, 0.6) is 0 Å². The van der Waals surface area contributed by atoms with Gasteiger partial charge in [-0.1, -0.05) is 23.2 Å². The van der Waals surface area contributed by atoms with Gasteiger partial charge in [-0.15, -0.1) is 0 Å². The Balaban J connectivity index is -0.0000000480. The highest BCUT2D eigenvalue weighted by Crippen LogP contribution is 1.86. The second-order valence-electron chi connectivity index (χ2n) is 0.334. The maximum atomic E-state index is 7.00. The van der Waals surface area contributed by atoms with Gasteiger partial charge in [-0.2, -0.15) is 0 Å². The number of nitrogens with two attached hydrogens (primary N) is 1. The van der Waals surface area contributed by atoms with Crippen molar-refractivity contribution < 1.29 is 10.6 Å². The largest absolute Gasteiger partial charge is 0.412 e. The molecule has 0 fully saturated rings. The van der Waals surface area contributed by atoms with Gasteiger partial charge in [0.25, 0.3) is 0 Å². The highest BCUT2D eigenvalue weighted by Gasteiger charge is 1.74. The molecule has 0 spiro atoms. The smallest absolute Gasteiger partial charge is 0.155 e. The van der Waals surface area contributed by atoms with E-state index in [-0.39, 0.29) is 5.48 Å². The maximum Gasteiger partial charge on any atom is 0.155 e. The van der Waals surface area contributed by atoms with E-state index < -0.39 is 4.96 Å². The molecule has 5 N–H and O–H groups in total. The average Bonchev–Trinajstić information content (AvgIpc) is 1.41. The molecule has 0 atom stereocenters. The summed E-state index contributed by atoms with van der Waals surface area (Å²) in [7, 11) is 1.00. The molecular weight excluding hydrogens is 141 g/mol. The zero-order valence-electron chi connectivity index (χ0n) is 3.86.